The van der Waals surface area contributed by atoms with Gasteiger partial charge in [0.15, 0.2) is 4.77 Å². The van der Waals surface area contributed by atoms with Gasteiger partial charge >= 0.3 is 0 Å². The van der Waals surface area contributed by atoms with Crippen molar-refractivity contribution in [2.24, 2.45) is 5.41 Å². The van der Waals surface area contributed by atoms with Crippen LogP contribution in [0.1, 0.15) is 46.5 Å². The lowest BCUT2D eigenvalue weighted by Gasteiger charge is -2.25. The summed E-state index contributed by atoms with van der Waals surface area (Å²) in [5.41, 5.74) is 2.36. The average Bonchev–Trinajstić information content (AvgIpc) is 2.75. The van der Waals surface area contributed by atoms with E-state index < -0.39 is 0 Å². The molecule has 0 atom stereocenters. The third kappa shape index (κ3) is 3.67. The van der Waals surface area contributed by atoms with Crippen LogP contribution in [0, 0.1) is 10.2 Å². The SMILES string of the molecule is CCCCCC(C)(C)Cn1c(=S)[nH]c2c(OC)cccc21. The molecule has 0 spiro atoms. The van der Waals surface area contributed by atoms with E-state index in [4.69, 9.17) is 17.0 Å². The number of hydrogen-bond donors (Lipinski definition) is 1. The molecule has 0 radical (unpaired) electrons. The number of nitrogens with zero attached hydrogens (tertiary/aromatic N) is 1. The third-order valence-corrected chi connectivity index (χ3v) is 4.36. The predicted octanol–water partition coefficient (Wildman–Crippen LogP) is 5.31. The van der Waals surface area contributed by atoms with Crippen LogP contribution >= 0.6 is 12.2 Å². The van der Waals surface area contributed by atoms with E-state index in [1.54, 1.807) is 7.11 Å². The minimum absolute atomic E-state index is 0.242. The normalized spacial score (nSPS) is 12.0. The second-order valence-corrected chi connectivity index (χ2v) is 6.88. The molecule has 2 aromatic rings. The molecule has 0 unspecified atom stereocenters. The van der Waals surface area contributed by atoms with E-state index in [2.05, 4.69) is 36.4 Å². The maximum atomic E-state index is 5.52. The molecule has 21 heavy (non-hydrogen) atoms. The molecule has 0 aliphatic heterocycles. The molecule has 0 aliphatic rings. The number of imidazole rings is 1. The summed E-state index contributed by atoms with van der Waals surface area (Å²) in [7, 11) is 1.69. The molecular formula is C17H26N2OS. The predicted molar refractivity (Wildman–Crippen MR) is 91.6 cm³/mol. The number of para-hydroxylation sites is 1. The minimum atomic E-state index is 0.242. The zero-order chi connectivity index (χ0) is 15.5. The lowest BCUT2D eigenvalue weighted by atomic mass is 9.87. The Morgan fingerprint density at radius 3 is 2.71 bits per heavy atom. The number of benzene rings is 1. The smallest absolute Gasteiger partial charge is 0.178 e. The fraction of sp³-hybridized carbons (Fsp3) is 0.588. The number of hydrogen-bond acceptors (Lipinski definition) is 2. The standard InChI is InChI=1S/C17H26N2OS/c1-5-6-7-11-17(2,3)12-19-13-9-8-10-14(20-4)15(13)18-16(19)21/h8-10H,5-7,11-12H2,1-4H3,(H,18,21). The van der Waals surface area contributed by atoms with Crippen LogP contribution in [0.3, 0.4) is 0 Å². The first-order valence-electron chi connectivity index (χ1n) is 7.74. The first-order valence-corrected chi connectivity index (χ1v) is 8.15. The van der Waals surface area contributed by atoms with E-state index in [9.17, 15) is 0 Å². The molecule has 0 saturated carbocycles. The van der Waals surface area contributed by atoms with Crippen molar-refractivity contribution in [3.8, 4) is 5.75 Å². The second kappa shape index (κ2) is 6.65. The van der Waals surface area contributed by atoms with Crippen LogP contribution in [0.4, 0.5) is 0 Å². The zero-order valence-corrected chi connectivity index (χ0v) is 14.3. The van der Waals surface area contributed by atoms with Crippen LogP contribution in [0.25, 0.3) is 11.0 Å². The largest absolute Gasteiger partial charge is 0.494 e. The molecule has 1 aromatic heterocycles. The van der Waals surface area contributed by atoms with Crippen molar-refractivity contribution in [1.82, 2.24) is 9.55 Å². The molecule has 0 saturated heterocycles. The molecule has 1 heterocycles. The number of fused-ring (bicyclic) bond motifs is 1. The number of aromatic nitrogens is 2. The van der Waals surface area contributed by atoms with Gasteiger partial charge in [0.2, 0.25) is 0 Å². The first kappa shape index (κ1) is 16.1. The van der Waals surface area contributed by atoms with Gasteiger partial charge in [0.1, 0.15) is 11.3 Å². The van der Waals surface area contributed by atoms with Gasteiger partial charge in [-0.05, 0) is 36.2 Å². The molecule has 2 rings (SSSR count). The Labute approximate surface area is 132 Å². The van der Waals surface area contributed by atoms with E-state index >= 15 is 0 Å². The summed E-state index contributed by atoms with van der Waals surface area (Å²) >= 11 is 5.52. The molecule has 3 nitrogen and oxygen atoms in total. The highest BCUT2D eigenvalue weighted by atomic mass is 32.1. The third-order valence-electron chi connectivity index (χ3n) is 4.04. The maximum Gasteiger partial charge on any atom is 0.178 e. The number of unbranched alkanes of at least 4 members (excludes halogenated alkanes) is 2. The Morgan fingerprint density at radius 2 is 2.05 bits per heavy atom. The Hall–Kier alpha value is -1.29. The van der Waals surface area contributed by atoms with Gasteiger partial charge in [-0.3, -0.25) is 0 Å². The average molecular weight is 306 g/mol. The van der Waals surface area contributed by atoms with Crippen molar-refractivity contribution in [3.63, 3.8) is 0 Å². The maximum absolute atomic E-state index is 5.52. The van der Waals surface area contributed by atoms with Crippen molar-refractivity contribution in [2.45, 2.75) is 53.0 Å². The molecule has 1 aromatic carbocycles. The summed E-state index contributed by atoms with van der Waals surface area (Å²) in [5.74, 6) is 0.848. The van der Waals surface area contributed by atoms with Gasteiger partial charge in [-0.2, -0.15) is 0 Å². The number of nitrogens with one attached hydrogen (secondary N) is 1. The lowest BCUT2D eigenvalue weighted by molar-refractivity contribution is 0.273. The summed E-state index contributed by atoms with van der Waals surface area (Å²) in [6.45, 7) is 7.82. The van der Waals surface area contributed by atoms with Gasteiger partial charge in [0, 0.05) is 6.54 Å². The molecule has 0 aliphatic carbocycles. The van der Waals surface area contributed by atoms with Crippen molar-refractivity contribution in [2.75, 3.05) is 7.11 Å². The monoisotopic (exact) mass is 306 g/mol. The van der Waals surface area contributed by atoms with Gasteiger partial charge in [-0.25, -0.2) is 0 Å². The van der Waals surface area contributed by atoms with Crippen LogP contribution in [-0.2, 0) is 6.54 Å². The van der Waals surface area contributed by atoms with Gasteiger partial charge in [0.05, 0.1) is 12.6 Å². The highest BCUT2D eigenvalue weighted by molar-refractivity contribution is 7.71. The van der Waals surface area contributed by atoms with Gasteiger partial charge in [-0.15, -0.1) is 0 Å². The van der Waals surface area contributed by atoms with E-state index in [-0.39, 0.29) is 5.41 Å². The number of rotatable bonds is 7. The van der Waals surface area contributed by atoms with E-state index in [0.29, 0.717) is 0 Å². The molecule has 0 bridgehead atoms. The molecular weight excluding hydrogens is 280 g/mol. The fourth-order valence-electron chi connectivity index (χ4n) is 2.84. The van der Waals surface area contributed by atoms with E-state index in [1.807, 2.05) is 12.1 Å². The summed E-state index contributed by atoms with van der Waals surface area (Å²) < 4.78 is 8.40. The summed E-state index contributed by atoms with van der Waals surface area (Å²) in [5, 5.41) is 0. The van der Waals surface area contributed by atoms with Crippen molar-refractivity contribution in [1.29, 1.82) is 0 Å². The van der Waals surface area contributed by atoms with Gasteiger partial charge < -0.3 is 14.3 Å². The van der Waals surface area contributed by atoms with E-state index in [1.165, 1.54) is 25.7 Å². The van der Waals surface area contributed by atoms with Crippen LogP contribution < -0.4 is 4.74 Å². The van der Waals surface area contributed by atoms with Gasteiger partial charge in [0.25, 0.3) is 0 Å². The Bertz CT molecular complexity index is 654. The Kier molecular flexibility index (Phi) is 5.09. The summed E-state index contributed by atoms with van der Waals surface area (Å²) in [4.78, 5) is 3.29. The fourth-order valence-corrected chi connectivity index (χ4v) is 3.11. The molecule has 0 fully saturated rings. The summed E-state index contributed by atoms with van der Waals surface area (Å²) in [6, 6.07) is 6.08. The highest BCUT2D eigenvalue weighted by Crippen LogP contribution is 2.30. The highest BCUT2D eigenvalue weighted by Gasteiger charge is 2.20. The molecule has 116 valence electrons. The van der Waals surface area contributed by atoms with Crippen LogP contribution in [0.15, 0.2) is 18.2 Å². The van der Waals surface area contributed by atoms with Crippen molar-refractivity contribution >= 4 is 23.3 Å². The number of aromatic amines is 1. The molecule has 0 amide bonds. The van der Waals surface area contributed by atoms with Gasteiger partial charge in [-0.1, -0.05) is 46.1 Å². The number of ether oxygens (including phenoxy) is 1. The second-order valence-electron chi connectivity index (χ2n) is 6.49. The van der Waals surface area contributed by atoms with Crippen LogP contribution in [0.5, 0.6) is 5.75 Å². The lowest BCUT2D eigenvalue weighted by Crippen LogP contribution is -2.19. The van der Waals surface area contributed by atoms with Crippen LogP contribution in [0.2, 0.25) is 0 Å². The Balaban J connectivity index is 2.30. The number of methoxy groups -OCH3 is 1. The minimum Gasteiger partial charge on any atom is -0.494 e. The number of H-pyrrole nitrogens is 1. The van der Waals surface area contributed by atoms with Crippen molar-refractivity contribution in [3.05, 3.63) is 23.0 Å². The van der Waals surface area contributed by atoms with Crippen LogP contribution in [-0.4, -0.2) is 16.7 Å². The zero-order valence-electron chi connectivity index (χ0n) is 13.5. The Morgan fingerprint density at radius 1 is 1.29 bits per heavy atom. The molecule has 4 heteroatoms. The quantitative estimate of drug-likeness (QED) is 0.554. The summed E-state index contributed by atoms with van der Waals surface area (Å²) in [6.07, 6.45) is 5.07. The first-order chi connectivity index (χ1) is 9.98. The molecule has 1 N–H and O–H groups in total. The van der Waals surface area contributed by atoms with E-state index in [0.717, 1.165) is 28.1 Å². The topological polar surface area (TPSA) is 29.9 Å². The van der Waals surface area contributed by atoms with Crippen molar-refractivity contribution < 1.29 is 4.74 Å².